The van der Waals surface area contributed by atoms with Gasteiger partial charge in [-0.05, 0) is 48.4 Å². The van der Waals surface area contributed by atoms with E-state index in [9.17, 15) is 4.79 Å². The fourth-order valence-electron chi connectivity index (χ4n) is 4.41. The maximum Gasteiger partial charge on any atom is 0.323 e. The molecule has 0 spiro atoms. The molecule has 3 N–H and O–H groups in total. The van der Waals surface area contributed by atoms with Crippen molar-refractivity contribution in [3.63, 3.8) is 0 Å². The third-order valence-electron chi connectivity index (χ3n) is 6.24. The predicted molar refractivity (Wildman–Crippen MR) is 153 cm³/mol. The van der Waals surface area contributed by atoms with E-state index in [-0.39, 0.29) is 6.03 Å². The molecule has 0 fully saturated rings. The molecule has 6 aromatic rings. The molecule has 0 aliphatic heterocycles. The third kappa shape index (κ3) is 5.35. The Bertz CT molecular complexity index is 1680. The highest BCUT2D eigenvalue weighted by molar-refractivity contribution is 6.04. The first-order valence-electron chi connectivity index (χ1n) is 12.6. The molecule has 39 heavy (non-hydrogen) atoms. The number of amides is 2. The quantitative estimate of drug-likeness (QED) is 0.194. The Labute approximate surface area is 224 Å². The van der Waals surface area contributed by atoms with Crippen LogP contribution in [0.3, 0.4) is 0 Å². The first-order valence-corrected chi connectivity index (χ1v) is 12.6. The average molecular weight is 516 g/mol. The zero-order valence-corrected chi connectivity index (χ0v) is 20.9. The SMILES string of the molecule is O=C(Nc1ccccc1)Nc1ccc(CCNc2ncnc3oc(-c4ccccc4)c(-c4ccco4)c23)cc1. The molecule has 8 heteroatoms. The van der Waals surface area contributed by atoms with Crippen molar-refractivity contribution in [3.8, 4) is 22.6 Å². The summed E-state index contributed by atoms with van der Waals surface area (Å²) in [5, 5.41) is 9.88. The van der Waals surface area contributed by atoms with Crippen LogP contribution in [0.2, 0.25) is 0 Å². The first kappa shape index (κ1) is 24.0. The number of carbonyl (C=O) groups is 1. The lowest BCUT2D eigenvalue weighted by Gasteiger charge is -2.09. The van der Waals surface area contributed by atoms with E-state index in [4.69, 9.17) is 8.83 Å². The second kappa shape index (κ2) is 10.9. The van der Waals surface area contributed by atoms with Crippen LogP contribution in [0.15, 0.2) is 118 Å². The summed E-state index contributed by atoms with van der Waals surface area (Å²) in [7, 11) is 0. The number of hydrogen-bond donors (Lipinski definition) is 3. The maximum absolute atomic E-state index is 12.2. The number of anilines is 3. The standard InChI is InChI=1S/C31H25N5O3/c37-31(35-23-10-5-2-6-11-23)36-24-15-13-21(14-16-24)17-18-32-29-27-26(25-12-7-19-38-25)28(22-8-3-1-4-9-22)39-30(27)34-20-33-29/h1-16,19-20H,17-18H2,(H,32,33,34)(H2,35,36,37). The molecule has 0 atom stereocenters. The van der Waals surface area contributed by atoms with E-state index >= 15 is 0 Å². The lowest BCUT2D eigenvalue weighted by molar-refractivity contribution is 0.262. The number of urea groups is 1. The molecule has 2 amide bonds. The molecule has 8 nitrogen and oxygen atoms in total. The van der Waals surface area contributed by atoms with Crippen molar-refractivity contribution >= 4 is 34.3 Å². The van der Waals surface area contributed by atoms with Gasteiger partial charge in [0.15, 0.2) is 0 Å². The molecule has 192 valence electrons. The first-order chi connectivity index (χ1) is 19.2. The van der Waals surface area contributed by atoms with Crippen LogP contribution in [-0.4, -0.2) is 22.5 Å². The van der Waals surface area contributed by atoms with Crippen LogP contribution >= 0.6 is 0 Å². The number of para-hydroxylation sites is 1. The van der Waals surface area contributed by atoms with E-state index in [1.807, 2.05) is 97.1 Å². The van der Waals surface area contributed by atoms with Crippen molar-refractivity contribution in [2.24, 2.45) is 0 Å². The molecule has 0 aliphatic carbocycles. The van der Waals surface area contributed by atoms with Crippen molar-refractivity contribution in [1.82, 2.24) is 9.97 Å². The molecule has 0 saturated heterocycles. The highest BCUT2D eigenvalue weighted by Crippen LogP contribution is 2.42. The number of rotatable bonds is 8. The van der Waals surface area contributed by atoms with Crippen LogP contribution in [0.4, 0.5) is 22.0 Å². The van der Waals surface area contributed by atoms with Crippen LogP contribution in [0.5, 0.6) is 0 Å². The second-order valence-electron chi connectivity index (χ2n) is 8.87. The second-order valence-corrected chi connectivity index (χ2v) is 8.87. The number of hydrogen-bond acceptors (Lipinski definition) is 6. The van der Waals surface area contributed by atoms with Gasteiger partial charge in [0.05, 0.1) is 17.2 Å². The Kier molecular flexibility index (Phi) is 6.73. The number of carbonyl (C=O) groups excluding carboxylic acids is 1. The minimum atomic E-state index is -0.286. The third-order valence-corrected chi connectivity index (χ3v) is 6.24. The molecular formula is C31H25N5O3. The summed E-state index contributed by atoms with van der Waals surface area (Å²) in [6.45, 7) is 0.636. The van der Waals surface area contributed by atoms with Gasteiger partial charge in [-0.1, -0.05) is 60.7 Å². The van der Waals surface area contributed by atoms with E-state index < -0.39 is 0 Å². The van der Waals surface area contributed by atoms with Crippen LogP contribution in [0, 0.1) is 0 Å². The Morgan fingerprint density at radius 1 is 0.769 bits per heavy atom. The van der Waals surface area contributed by atoms with Crippen LogP contribution < -0.4 is 16.0 Å². The summed E-state index contributed by atoms with van der Waals surface area (Å²) in [5.41, 5.74) is 4.80. The van der Waals surface area contributed by atoms with Gasteiger partial charge in [0.25, 0.3) is 0 Å². The summed E-state index contributed by atoms with van der Waals surface area (Å²) < 4.78 is 12.0. The number of nitrogens with one attached hydrogen (secondary N) is 3. The molecular weight excluding hydrogens is 490 g/mol. The Morgan fingerprint density at radius 3 is 2.21 bits per heavy atom. The van der Waals surface area contributed by atoms with E-state index in [2.05, 4.69) is 25.9 Å². The van der Waals surface area contributed by atoms with E-state index in [0.717, 1.165) is 34.2 Å². The maximum atomic E-state index is 12.2. The zero-order valence-electron chi connectivity index (χ0n) is 20.9. The molecule has 0 bridgehead atoms. The number of furan rings is 2. The molecule has 0 radical (unpaired) electrons. The number of fused-ring (bicyclic) bond motifs is 1. The Hall–Kier alpha value is -5.37. The molecule has 3 heterocycles. The molecule has 6 rings (SSSR count). The monoisotopic (exact) mass is 515 g/mol. The zero-order chi connectivity index (χ0) is 26.4. The Morgan fingerprint density at radius 2 is 1.49 bits per heavy atom. The lowest BCUT2D eigenvalue weighted by atomic mass is 10.0. The van der Waals surface area contributed by atoms with Crippen LogP contribution in [0.25, 0.3) is 33.7 Å². The smallest absolute Gasteiger partial charge is 0.323 e. The van der Waals surface area contributed by atoms with Gasteiger partial charge in [-0.15, -0.1) is 0 Å². The molecule has 0 saturated carbocycles. The van der Waals surface area contributed by atoms with Gasteiger partial charge in [0.2, 0.25) is 5.71 Å². The van der Waals surface area contributed by atoms with E-state index in [1.165, 1.54) is 6.33 Å². The number of nitrogens with zero attached hydrogens (tertiary/aromatic N) is 2. The summed E-state index contributed by atoms with van der Waals surface area (Å²) in [5.74, 6) is 2.04. The van der Waals surface area contributed by atoms with Gasteiger partial charge in [-0.2, -0.15) is 0 Å². The summed E-state index contributed by atoms with van der Waals surface area (Å²) in [6, 6.07) is 30.5. The van der Waals surface area contributed by atoms with Crippen molar-refractivity contribution < 1.29 is 13.6 Å². The number of benzene rings is 3. The van der Waals surface area contributed by atoms with Gasteiger partial charge >= 0.3 is 6.03 Å². The highest BCUT2D eigenvalue weighted by atomic mass is 16.4. The van der Waals surface area contributed by atoms with Gasteiger partial charge in [-0.3, -0.25) is 0 Å². The van der Waals surface area contributed by atoms with Gasteiger partial charge in [0.1, 0.15) is 23.7 Å². The van der Waals surface area contributed by atoms with Gasteiger partial charge in [0, 0.05) is 23.5 Å². The van der Waals surface area contributed by atoms with Crippen molar-refractivity contribution in [2.45, 2.75) is 6.42 Å². The van der Waals surface area contributed by atoms with Crippen molar-refractivity contribution in [3.05, 3.63) is 115 Å². The minimum Gasteiger partial charge on any atom is -0.464 e. The lowest BCUT2D eigenvalue weighted by Crippen LogP contribution is -2.19. The predicted octanol–water partition coefficient (Wildman–Crippen LogP) is 7.45. The summed E-state index contributed by atoms with van der Waals surface area (Å²) in [4.78, 5) is 21.2. The summed E-state index contributed by atoms with van der Waals surface area (Å²) in [6.07, 6.45) is 3.89. The topological polar surface area (TPSA) is 105 Å². The Balaban J connectivity index is 1.16. The molecule has 3 aromatic heterocycles. The van der Waals surface area contributed by atoms with Gasteiger partial charge in [-0.25, -0.2) is 14.8 Å². The number of aromatic nitrogens is 2. The minimum absolute atomic E-state index is 0.286. The molecule has 0 aliphatic rings. The fraction of sp³-hybridized carbons (Fsp3) is 0.0645. The van der Waals surface area contributed by atoms with E-state index in [1.54, 1.807) is 6.26 Å². The van der Waals surface area contributed by atoms with Gasteiger partial charge < -0.3 is 24.8 Å². The molecule has 0 unspecified atom stereocenters. The summed E-state index contributed by atoms with van der Waals surface area (Å²) >= 11 is 0. The fourth-order valence-corrected chi connectivity index (χ4v) is 4.41. The highest BCUT2D eigenvalue weighted by Gasteiger charge is 2.23. The molecule has 3 aromatic carbocycles. The van der Waals surface area contributed by atoms with Crippen LogP contribution in [-0.2, 0) is 6.42 Å². The van der Waals surface area contributed by atoms with Crippen molar-refractivity contribution in [1.29, 1.82) is 0 Å². The van der Waals surface area contributed by atoms with Crippen LogP contribution in [0.1, 0.15) is 5.56 Å². The van der Waals surface area contributed by atoms with Crippen molar-refractivity contribution in [2.75, 3.05) is 22.5 Å². The largest absolute Gasteiger partial charge is 0.464 e. The van der Waals surface area contributed by atoms with E-state index in [0.29, 0.717) is 35.3 Å². The average Bonchev–Trinajstić information content (AvgIpc) is 3.63. The normalized spacial score (nSPS) is 10.9.